The van der Waals surface area contributed by atoms with Gasteiger partial charge in [-0.2, -0.15) is 0 Å². The van der Waals surface area contributed by atoms with Crippen LogP contribution in [0.4, 0.5) is 5.69 Å². The summed E-state index contributed by atoms with van der Waals surface area (Å²) in [6.07, 6.45) is 3.03. The Balaban J connectivity index is 2.42. The van der Waals surface area contributed by atoms with E-state index in [4.69, 9.17) is 0 Å². The summed E-state index contributed by atoms with van der Waals surface area (Å²) < 4.78 is 0. The number of ketones is 1. The summed E-state index contributed by atoms with van der Waals surface area (Å²) >= 11 is 1.56. The van der Waals surface area contributed by atoms with Gasteiger partial charge in [0.25, 0.3) is 0 Å². The van der Waals surface area contributed by atoms with Crippen LogP contribution in [0, 0.1) is 0 Å². The topological polar surface area (TPSA) is 37.4 Å². The van der Waals surface area contributed by atoms with E-state index < -0.39 is 0 Å². The van der Waals surface area contributed by atoms with Crippen molar-refractivity contribution < 1.29 is 9.59 Å². The molecule has 0 bridgehead atoms. The molecule has 0 fully saturated rings. The highest BCUT2D eigenvalue weighted by molar-refractivity contribution is 8.00. The minimum absolute atomic E-state index is 0.0833. The molecule has 20 heavy (non-hydrogen) atoms. The van der Waals surface area contributed by atoms with Gasteiger partial charge in [0.1, 0.15) is 0 Å². The molecule has 1 unspecified atom stereocenters. The first-order valence-corrected chi connectivity index (χ1v) is 7.72. The maximum absolute atomic E-state index is 12.3. The van der Waals surface area contributed by atoms with E-state index in [1.807, 2.05) is 32.0 Å². The molecule has 1 aliphatic heterocycles. The number of nitrogens with zero attached hydrogens (tertiary/aromatic N) is 1. The van der Waals surface area contributed by atoms with Crippen molar-refractivity contribution in [3.63, 3.8) is 0 Å². The monoisotopic (exact) mass is 289 g/mol. The minimum atomic E-state index is -0.0833. The van der Waals surface area contributed by atoms with Crippen molar-refractivity contribution in [1.82, 2.24) is 0 Å². The first kappa shape index (κ1) is 14.9. The highest BCUT2D eigenvalue weighted by Crippen LogP contribution is 2.39. The van der Waals surface area contributed by atoms with Gasteiger partial charge in [0.2, 0.25) is 5.91 Å². The fourth-order valence-electron chi connectivity index (χ4n) is 2.24. The third-order valence-corrected chi connectivity index (χ3v) is 4.52. The van der Waals surface area contributed by atoms with Gasteiger partial charge in [-0.1, -0.05) is 19.1 Å². The summed E-state index contributed by atoms with van der Waals surface area (Å²) in [4.78, 5) is 27.0. The third kappa shape index (κ3) is 2.80. The lowest BCUT2D eigenvalue weighted by molar-refractivity contribution is -0.118. The van der Waals surface area contributed by atoms with Gasteiger partial charge in [-0.15, -0.1) is 18.3 Å². The first-order valence-electron chi connectivity index (χ1n) is 6.84. The molecule has 0 saturated heterocycles. The molecule has 0 radical (unpaired) electrons. The molecule has 1 atom stereocenters. The Morgan fingerprint density at radius 3 is 2.90 bits per heavy atom. The molecule has 1 aromatic carbocycles. The number of benzene rings is 1. The molecule has 1 aliphatic rings. The molecule has 0 saturated carbocycles. The average Bonchev–Trinajstić information content (AvgIpc) is 2.46. The van der Waals surface area contributed by atoms with Gasteiger partial charge in [0, 0.05) is 23.4 Å². The Hall–Kier alpha value is -1.55. The Morgan fingerprint density at radius 2 is 2.25 bits per heavy atom. The lowest BCUT2D eigenvalue weighted by atomic mass is 10.1. The number of thioether (sulfide) groups is 1. The van der Waals surface area contributed by atoms with E-state index in [0.717, 1.165) is 17.0 Å². The van der Waals surface area contributed by atoms with Crippen LogP contribution in [0.5, 0.6) is 0 Å². The molecule has 1 heterocycles. The van der Waals surface area contributed by atoms with Crippen LogP contribution in [0.1, 0.15) is 37.0 Å². The number of anilines is 1. The van der Waals surface area contributed by atoms with Gasteiger partial charge < -0.3 is 4.90 Å². The number of fused-ring (bicyclic) bond motifs is 1. The van der Waals surface area contributed by atoms with E-state index in [1.54, 1.807) is 22.7 Å². The van der Waals surface area contributed by atoms with Gasteiger partial charge in [0.05, 0.1) is 10.9 Å². The third-order valence-electron chi connectivity index (χ3n) is 3.37. The quantitative estimate of drug-likeness (QED) is 0.613. The highest BCUT2D eigenvalue weighted by atomic mass is 32.2. The summed E-state index contributed by atoms with van der Waals surface area (Å²) in [7, 11) is 0. The number of carbonyl (C=O) groups excluding carboxylic acids is 2. The van der Waals surface area contributed by atoms with Crippen LogP contribution >= 0.6 is 11.8 Å². The molecule has 0 aromatic heterocycles. The maximum atomic E-state index is 12.3. The van der Waals surface area contributed by atoms with Crippen LogP contribution in [0.25, 0.3) is 0 Å². The van der Waals surface area contributed by atoms with Gasteiger partial charge >= 0.3 is 0 Å². The molecular formula is C16H19NO2S. The molecule has 4 heteroatoms. The Bertz CT molecular complexity index is 553. The zero-order valence-electron chi connectivity index (χ0n) is 11.9. The van der Waals surface area contributed by atoms with E-state index in [9.17, 15) is 9.59 Å². The van der Waals surface area contributed by atoms with E-state index in [2.05, 4.69) is 6.58 Å². The molecule has 2 rings (SSSR count). The highest BCUT2D eigenvalue weighted by Gasteiger charge is 2.30. The SMILES string of the molecule is C=CCCN1C(=O)C(C)Sc2ccc(C(=O)CC)cc21. The van der Waals surface area contributed by atoms with Crippen molar-refractivity contribution in [2.24, 2.45) is 0 Å². The van der Waals surface area contributed by atoms with Crippen molar-refractivity contribution in [2.75, 3.05) is 11.4 Å². The van der Waals surface area contributed by atoms with Crippen LogP contribution in [-0.2, 0) is 4.79 Å². The van der Waals surface area contributed by atoms with Crippen LogP contribution in [0.15, 0.2) is 35.7 Å². The Labute approximate surface area is 124 Å². The summed E-state index contributed by atoms with van der Waals surface area (Å²) in [5.41, 5.74) is 1.54. The average molecular weight is 289 g/mol. The van der Waals surface area contributed by atoms with E-state index in [0.29, 0.717) is 18.5 Å². The zero-order valence-corrected chi connectivity index (χ0v) is 12.7. The van der Waals surface area contributed by atoms with Gasteiger partial charge in [-0.05, 0) is 25.5 Å². The fraction of sp³-hybridized carbons (Fsp3) is 0.375. The standard InChI is InChI=1S/C16H19NO2S/c1-4-6-9-17-13-10-12(14(18)5-2)7-8-15(13)20-11(3)16(17)19/h4,7-8,10-11H,1,5-6,9H2,2-3H3. The Morgan fingerprint density at radius 1 is 1.50 bits per heavy atom. The number of hydrogen-bond donors (Lipinski definition) is 0. The van der Waals surface area contributed by atoms with Crippen LogP contribution in [0.3, 0.4) is 0 Å². The number of carbonyl (C=O) groups is 2. The van der Waals surface area contributed by atoms with Crippen molar-refractivity contribution in [1.29, 1.82) is 0 Å². The van der Waals surface area contributed by atoms with Crippen molar-refractivity contribution in [2.45, 2.75) is 36.8 Å². The number of Topliss-reactive ketones (excluding diaryl/α,β-unsaturated/α-hetero) is 1. The largest absolute Gasteiger partial charge is 0.310 e. The maximum Gasteiger partial charge on any atom is 0.240 e. The molecule has 1 amide bonds. The number of amides is 1. The van der Waals surface area contributed by atoms with Crippen molar-refractivity contribution in [3.8, 4) is 0 Å². The summed E-state index contributed by atoms with van der Waals surface area (Å²) in [5, 5.41) is -0.0833. The van der Waals surface area contributed by atoms with E-state index >= 15 is 0 Å². The number of hydrogen-bond acceptors (Lipinski definition) is 3. The second-order valence-corrected chi connectivity index (χ2v) is 6.17. The van der Waals surface area contributed by atoms with Crippen LogP contribution in [0.2, 0.25) is 0 Å². The minimum Gasteiger partial charge on any atom is -0.310 e. The predicted molar refractivity (Wildman–Crippen MR) is 83.5 cm³/mol. The lowest BCUT2D eigenvalue weighted by Crippen LogP contribution is -2.40. The van der Waals surface area contributed by atoms with Gasteiger partial charge in [-0.3, -0.25) is 9.59 Å². The van der Waals surface area contributed by atoms with E-state index in [1.165, 1.54) is 0 Å². The fourth-order valence-corrected chi connectivity index (χ4v) is 3.28. The molecular weight excluding hydrogens is 270 g/mol. The molecule has 1 aromatic rings. The van der Waals surface area contributed by atoms with Crippen LogP contribution in [-0.4, -0.2) is 23.5 Å². The first-order chi connectivity index (χ1) is 9.58. The molecule has 0 spiro atoms. The summed E-state index contributed by atoms with van der Waals surface area (Å²) in [6.45, 7) is 8.09. The normalized spacial score (nSPS) is 17.8. The number of rotatable bonds is 5. The molecule has 0 N–H and O–H groups in total. The summed E-state index contributed by atoms with van der Waals surface area (Å²) in [5.74, 6) is 0.206. The smallest absolute Gasteiger partial charge is 0.240 e. The van der Waals surface area contributed by atoms with Crippen molar-refractivity contribution in [3.05, 3.63) is 36.4 Å². The Kier molecular flexibility index (Phi) is 4.65. The second-order valence-electron chi connectivity index (χ2n) is 4.79. The van der Waals surface area contributed by atoms with Gasteiger partial charge in [-0.25, -0.2) is 0 Å². The summed E-state index contributed by atoms with van der Waals surface area (Å²) in [6, 6.07) is 5.65. The molecule has 0 aliphatic carbocycles. The molecule has 106 valence electrons. The van der Waals surface area contributed by atoms with Crippen LogP contribution < -0.4 is 4.90 Å². The van der Waals surface area contributed by atoms with Gasteiger partial charge in [0.15, 0.2) is 5.78 Å². The molecule has 3 nitrogen and oxygen atoms in total. The van der Waals surface area contributed by atoms with E-state index in [-0.39, 0.29) is 16.9 Å². The zero-order chi connectivity index (χ0) is 14.7. The van der Waals surface area contributed by atoms with Crippen molar-refractivity contribution >= 4 is 29.1 Å². The lowest BCUT2D eigenvalue weighted by Gasteiger charge is -2.32. The second kappa shape index (κ2) is 6.27. The predicted octanol–water partition coefficient (Wildman–Crippen LogP) is 3.68.